The lowest BCUT2D eigenvalue weighted by atomic mass is 9.95. The normalized spacial score (nSPS) is 15.1. The fraction of sp³-hybridized carbons (Fsp3) is 0.636. The Kier molecular flexibility index (Phi) is 14.0. The van der Waals surface area contributed by atoms with Crippen LogP contribution in [0.3, 0.4) is 0 Å². The highest BCUT2D eigenvalue weighted by atomic mass is 16.7. The van der Waals surface area contributed by atoms with E-state index in [2.05, 4.69) is 0 Å². The van der Waals surface area contributed by atoms with Crippen molar-refractivity contribution in [2.24, 2.45) is 0 Å². The van der Waals surface area contributed by atoms with E-state index in [1.807, 2.05) is 0 Å². The molecule has 0 aliphatic heterocycles. The van der Waals surface area contributed by atoms with Gasteiger partial charge in [-0.25, -0.2) is 4.79 Å². The first-order valence-electron chi connectivity index (χ1n) is 10.9. The SMILES string of the molecule is CC(=O)OC[C@@H](OC(C)=O)[C@H](OC(C)=O)[C@H](OC(C)=O)[C@H](OC(C)=O)[C@@H](OC(C)=O)[C@@H](OC(C)=O)C(=O)O. The molecule has 0 saturated heterocycles. The maximum Gasteiger partial charge on any atom is 0.349 e. The summed E-state index contributed by atoms with van der Waals surface area (Å²) in [5.41, 5.74) is 0. The predicted molar refractivity (Wildman–Crippen MR) is 118 cm³/mol. The minimum absolute atomic E-state index is 0.776. The van der Waals surface area contributed by atoms with Crippen molar-refractivity contribution in [2.75, 3.05) is 6.61 Å². The zero-order chi connectivity index (χ0) is 29.7. The van der Waals surface area contributed by atoms with Crippen molar-refractivity contribution in [1.29, 1.82) is 0 Å². The van der Waals surface area contributed by atoms with Crippen LogP contribution in [0.2, 0.25) is 0 Å². The highest BCUT2D eigenvalue weighted by molar-refractivity contribution is 5.79. The van der Waals surface area contributed by atoms with Gasteiger partial charge in [-0.3, -0.25) is 33.6 Å². The van der Waals surface area contributed by atoms with E-state index >= 15 is 0 Å². The number of ether oxygens (including phenoxy) is 7. The Balaban J connectivity index is 7.22. The maximum atomic E-state index is 12.1. The van der Waals surface area contributed by atoms with Gasteiger partial charge in [-0.15, -0.1) is 0 Å². The molecule has 6 atom stereocenters. The fourth-order valence-corrected chi connectivity index (χ4v) is 3.11. The average molecular weight is 550 g/mol. The number of hydrogen-bond donors (Lipinski definition) is 1. The third-order valence-electron chi connectivity index (χ3n) is 4.15. The van der Waals surface area contributed by atoms with E-state index in [1.54, 1.807) is 0 Å². The Bertz CT molecular complexity index is 924. The lowest BCUT2D eigenvalue weighted by molar-refractivity contribution is -0.223. The predicted octanol–water partition coefficient (Wildman–Crippen LogP) is -0.776. The molecule has 16 heteroatoms. The Morgan fingerprint density at radius 3 is 1.16 bits per heavy atom. The first-order chi connectivity index (χ1) is 17.5. The number of carbonyl (C=O) groups is 8. The summed E-state index contributed by atoms with van der Waals surface area (Å²) in [5, 5.41) is 9.68. The topological polar surface area (TPSA) is 221 Å². The van der Waals surface area contributed by atoms with E-state index in [-0.39, 0.29) is 0 Å². The molecule has 0 aliphatic carbocycles. The van der Waals surface area contributed by atoms with Gasteiger partial charge < -0.3 is 38.3 Å². The number of carbonyl (C=O) groups excluding carboxylic acids is 7. The first-order valence-corrected chi connectivity index (χ1v) is 10.9. The van der Waals surface area contributed by atoms with Crippen LogP contribution >= 0.6 is 0 Å². The van der Waals surface area contributed by atoms with Crippen LogP contribution in [0, 0.1) is 0 Å². The van der Waals surface area contributed by atoms with Crippen LogP contribution in [-0.4, -0.2) is 96.1 Å². The molecule has 0 rings (SSSR count). The van der Waals surface area contributed by atoms with E-state index in [4.69, 9.17) is 33.2 Å². The highest BCUT2D eigenvalue weighted by Crippen LogP contribution is 2.26. The van der Waals surface area contributed by atoms with Gasteiger partial charge in [0, 0.05) is 48.5 Å². The minimum atomic E-state index is -2.34. The zero-order valence-corrected chi connectivity index (χ0v) is 21.7. The second kappa shape index (κ2) is 15.8. The summed E-state index contributed by atoms with van der Waals surface area (Å²) in [6.07, 6.45) is -12.4. The lowest BCUT2D eigenvalue weighted by Crippen LogP contribution is -2.60. The van der Waals surface area contributed by atoms with Crippen molar-refractivity contribution in [3.05, 3.63) is 0 Å². The third-order valence-corrected chi connectivity index (χ3v) is 4.15. The molecule has 0 aromatic rings. The van der Waals surface area contributed by atoms with E-state index in [0.29, 0.717) is 0 Å². The molecule has 0 spiro atoms. The molecular formula is C22H30O16. The molecule has 0 bridgehead atoms. The number of carboxylic acids is 1. The molecule has 0 saturated carbocycles. The molecule has 0 aromatic heterocycles. The molecule has 0 aromatic carbocycles. The Morgan fingerprint density at radius 1 is 0.474 bits per heavy atom. The summed E-state index contributed by atoms with van der Waals surface area (Å²) in [7, 11) is 0. The molecule has 1 N–H and O–H groups in total. The van der Waals surface area contributed by atoms with E-state index < -0.39 is 91.0 Å². The Morgan fingerprint density at radius 2 is 0.816 bits per heavy atom. The van der Waals surface area contributed by atoms with Gasteiger partial charge in [-0.2, -0.15) is 0 Å². The Hall–Kier alpha value is -4.24. The van der Waals surface area contributed by atoms with Crippen LogP contribution in [0.4, 0.5) is 0 Å². The smallest absolute Gasteiger partial charge is 0.349 e. The van der Waals surface area contributed by atoms with Gasteiger partial charge in [-0.05, 0) is 0 Å². The van der Waals surface area contributed by atoms with E-state index in [1.165, 1.54) is 0 Å². The van der Waals surface area contributed by atoms with Crippen LogP contribution in [-0.2, 0) is 71.5 Å². The van der Waals surface area contributed by atoms with Crippen molar-refractivity contribution in [2.45, 2.75) is 85.1 Å². The van der Waals surface area contributed by atoms with Crippen molar-refractivity contribution < 1.29 is 76.6 Å². The summed E-state index contributed by atoms with van der Waals surface area (Å²) in [6, 6.07) is 0. The molecule has 16 nitrogen and oxygen atoms in total. The summed E-state index contributed by atoms with van der Waals surface area (Å²) in [4.78, 5) is 94.7. The first kappa shape index (κ1) is 33.8. The van der Waals surface area contributed by atoms with Gasteiger partial charge >= 0.3 is 47.8 Å². The van der Waals surface area contributed by atoms with Gasteiger partial charge in [0.2, 0.25) is 6.10 Å². The van der Waals surface area contributed by atoms with Crippen molar-refractivity contribution in [3.8, 4) is 0 Å². The second-order valence-electron chi connectivity index (χ2n) is 7.61. The van der Waals surface area contributed by atoms with E-state index in [0.717, 1.165) is 48.5 Å². The van der Waals surface area contributed by atoms with Crippen molar-refractivity contribution in [3.63, 3.8) is 0 Å². The monoisotopic (exact) mass is 550 g/mol. The molecular weight excluding hydrogens is 520 g/mol. The van der Waals surface area contributed by atoms with Crippen LogP contribution in [0.15, 0.2) is 0 Å². The molecule has 0 aliphatic rings. The number of carboxylic acid groups (broad SMARTS) is 1. The molecule has 0 amide bonds. The Labute approximate surface area is 216 Å². The number of rotatable bonds is 14. The quantitative estimate of drug-likeness (QED) is 0.207. The van der Waals surface area contributed by atoms with Crippen LogP contribution in [0.1, 0.15) is 48.5 Å². The minimum Gasteiger partial charge on any atom is -0.478 e. The molecule has 0 fully saturated rings. The molecule has 38 heavy (non-hydrogen) atoms. The summed E-state index contributed by atoms with van der Waals surface area (Å²) in [5.74, 6) is -9.32. The average Bonchev–Trinajstić information content (AvgIpc) is 2.73. The van der Waals surface area contributed by atoms with E-state index in [9.17, 15) is 43.5 Å². The number of aliphatic carboxylic acids is 1. The van der Waals surface area contributed by atoms with Crippen LogP contribution in [0.5, 0.6) is 0 Å². The lowest BCUT2D eigenvalue weighted by Gasteiger charge is -2.38. The van der Waals surface area contributed by atoms with Crippen LogP contribution in [0.25, 0.3) is 0 Å². The summed E-state index contributed by atoms with van der Waals surface area (Å²) in [6.45, 7) is 5.48. The van der Waals surface area contributed by atoms with Crippen LogP contribution < -0.4 is 0 Å². The van der Waals surface area contributed by atoms with Crippen molar-refractivity contribution in [1.82, 2.24) is 0 Å². The summed E-state index contributed by atoms with van der Waals surface area (Å²) < 4.78 is 35.2. The molecule has 0 heterocycles. The largest absolute Gasteiger partial charge is 0.478 e. The molecule has 214 valence electrons. The fourth-order valence-electron chi connectivity index (χ4n) is 3.11. The van der Waals surface area contributed by atoms with Gasteiger partial charge in [0.15, 0.2) is 30.5 Å². The highest BCUT2D eigenvalue weighted by Gasteiger charge is 2.52. The third kappa shape index (κ3) is 12.6. The van der Waals surface area contributed by atoms with Gasteiger partial charge in [0.25, 0.3) is 0 Å². The maximum absolute atomic E-state index is 12.1. The van der Waals surface area contributed by atoms with Crippen molar-refractivity contribution >= 4 is 47.8 Å². The van der Waals surface area contributed by atoms with Gasteiger partial charge in [0.1, 0.15) is 6.61 Å². The second-order valence-corrected chi connectivity index (χ2v) is 7.61. The zero-order valence-electron chi connectivity index (χ0n) is 21.7. The molecule has 0 radical (unpaired) electrons. The molecule has 0 unspecified atom stereocenters. The summed E-state index contributed by atoms with van der Waals surface area (Å²) >= 11 is 0. The number of esters is 7. The van der Waals surface area contributed by atoms with Gasteiger partial charge in [0.05, 0.1) is 0 Å². The van der Waals surface area contributed by atoms with Gasteiger partial charge in [-0.1, -0.05) is 0 Å². The number of hydrogen-bond acceptors (Lipinski definition) is 15. The standard InChI is InChI=1S/C22H30O16/c1-9(23)32-8-16(33-10(2)24)17(34-11(3)25)18(35-12(4)26)19(36-13(5)27)20(37-14(6)28)21(22(30)31)38-15(7)29/h16-21H,8H2,1-7H3,(H,30,31)/t16-,17+,18+,19+,20-,21-/m1/s1.